The molecule has 260 valence electrons. The van der Waals surface area contributed by atoms with Gasteiger partial charge in [0.25, 0.3) is 5.91 Å². The van der Waals surface area contributed by atoms with E-state index in [1.54, 1.807) is 0 Å². The molecule has 0 radical (unpaired) electrons. The Labute approximate surface area is 276 Å². The van der Waals surface area contributed by atoms with Crippen LogP contribution in [-0.4, -0.2) is 74.7 Å². The highest BCUT2D eigenvalue weighted by Crippen LogP contribution is 2.57. The Morgan fingerprint density at radius 2 is 1.42 bits per heavy atom. The van der Waals surface area contributed by atoms with Gasteiger partial charge in [-0.2, -0.15) is 0 Å². The summed E-state index contributed by atoms with van der Waals surface area (Å²) in [6.07, 6.45) is -7.90. The Hall–Kier alpha value is -5.33. The Bertz CT molecular complexity index is 2070. The van der Waals surface area contributed by atoms with E-state index in [4.69, 9.17) is 18.9 Å². The number of phenols is 1. The molecule has 17 heteroatoms. The number of hydrogen-bond donors (Lipinski definition) is 6. The molecule has 7 rings (SSSR count). The highest BCUT2D eigenvalue weighted by Gasteiger charge is 2.54. The van der Waals surface area contributed by atoms with Crippen LogP contribution >= 0.6 is 0 Å². The van der Waals surface area contributed by atoms with Gasteiger partial charge in [-0.05, 0) is 36.4 Å². The molecule has 1 fully saturated rings. The third-order valence-electron chi connectivity index (χ3n) is 8.56. The van der Waals surface area contributed by atoms with Gasteiger partial charge in [0, 0.05) is 34.5 Å². The van der Waals surface area contributed by atoms with Gasteiger partial charge in [-0.15, -0.1) is 0 Å². The van der Waals surface area contributed by atoms with E-state index < -0.39 is 89.4 Å². The van der Waals surface area contributed by atoms with Crippen LogP contribution in [0.3, 0.4) is 0 Å². The minimum Gasteiger partial charge on any atom is -0.508 e. The summed E-state index contributed by atoms with van der Waals surface area (Å²) in [6, 6.07) is 11.7. The Kier molecular flexibility index (Phi) is 7.91. The van der Waals surface area contributed by atoms with Crippen LogP contribution < -0.4 is 14.8 Å². The van der Waals surface area contributed by atoms with Crippen molar-refractivity contribution in [1.29, 1.82) is 0 Å². The van der Waals surface area contributed by atoms with Crippen LogP contribution in [0.4, 0.5) is 27.6 Å². The molecular formula is C33H22F5NO11. The van der Waals surface area contributed by atoms with Gasteiger partial charge in [0.1, 0.15) is 53.0 Å². The molecule has 50 heavy (non-hydrogen) atoms. The number of hydrogen-bond acceptors (Lipinski definition) is 11. The summed E-state index contributed by atoms with van der Waals surface area (Å²) in [6.45, 7) is -0.700. The van der Waals surface area contributed by atoms with E-state index in [0.29, 0.717) is 0 Å². The molecule has 0 bridgehead atoms. The smallest absolute Gasteiger partial charge is 0.340 e. The van der Waals surface area contributed by atoms with Gasteiger partial charge in [-0.1, -0.05) is 6.07 Å². The van der Waals surface area contributed by atoms with E-state index in [2.05, 4.69) is 0 Å². The Morgan fingerprint density at radius 1 is 0.800 bits per heavy atom. The second kappa shape index (κ2) is 11.9. The van der Waals surface area contributed by atoms with Crippen LogP contribution in [-0.2, 0) is 15.1 Å². The van der Waals surface area contributed by atoms with Gasteiger partial charge in [0.15, 0.2) is 28.9 Å². The largest absolute Gasteiger partial charge is 0.508 e. The molecule has 4 aromatic carbocycles. The summed E-state index contributed by atoms with van der Waals surface area (Å²) in [5.74, 6) is -14.7. The Balaban J connectivity index is 1.27. The number of aromatic hydroxyl groups is 1. The minimum atomic E-state index is -2.44. The van der Waals surface area contributed by atoms with Gasteiger partial charge in [-0.25, -0.2) is 26.7 Å². The molecule has 0 aliphatic carbocycles. The molecule has 3 aliphatic heterocycles. The predicted molar refractivity (Wildman–Crippen MR) is 155 cm³/mol. The van der Waals surface area contributed by atoms with Crippen LogP contribution in [0.25, 0.3) is 0 Å². The van der Waals surface area contributed by atoms with Crippen LogP contribution in [0, 0.1) is 29.1 Å². The molecule has 6 N–H and O–H groups in total. The van der Waals surface area contributed by atoms with Crippen molar-refractivity contribution >= 4 is 17.6 Å². The summed E-state index contributed by atoms with van der Waals surface area (Å²) >= 11 is 0. The first-order valence-corrected chi connectivity index (χ1v) is 14.6. The molecule has 3 heterocycles. The highest BCUT2D eigenvalue weighted by atomic mass is 19.2. The van der Waals surface area contributed by atoms with Crippen LogP contribution in [0.1, 0.15) is 37.4 Å². The molecule has 0 aromatic heterocycles. The molecular weight excluding hydrogens is 681 g/mol. The molecule has 6 atom stereocenters. The highest BCUT2D eigenvalue weighted by molar-refractivity contribution is 6.06. The number of aliphatic hydroxyl groups is 4. The first-order valence-electron chi connectivity index (χ1n) is 14.6. The molecule has 2 unspecified atom stereocenters. The lowest BCUT2D eigenvalue weighted by Gasteiger charge is -2.40. The van der Waals surface area contributed by atoms with Crippen molar-refractivity contribution in [3.8, 4) is 23.0 Å². The number of phenolic OH excluding ortho intramolecular Hbond substituents is 1. The maximum absolute atomic E-state index is 14.3. The zero-order chi connectivity index (χ0) is 35.8. The van der Waals surface area contributed by atoms with Crippen LogP contribution in [0.2, 0.25) is 0 Å². The topological polar surface area (TPSA) is 184 Å². The number of halogens is 5. The number of fused-ring (bicyclic) bond motifs is 6. The summed E-state index contributed by atoms with van der Waals surface area (Å²) in [7, 11) is 0. The fraction of sp³-hybridized carbons (Fsp3) is 0.212. The second-order valence-corrected chi connectivity index (χ2v) is 11.5. The summed E-state index contributed by atoms with van der Waals surface area (Å²) in [4.78, 5) is 26.1. The lowest BCUT2D eigenvalue weighted by atomic mass is 9.77. The van der Waals surface area contributed by atoms with Crippen molar-refractivity contribution < 1.29 is 76.0 Å². The number of carbonyl (C=O) groups is 2. The quantitative estimate of drug-likeness (QED) is 0.0778. The average molecular weight is 704 g/mol. The second-order valence-electron chi connectivity index (χ2n) is 11.5. The summed E-state index contributed by atoms with van der Waals surface area (Å²) in [5, 5.41) is 52.4. The maximum atomic E-state index is 14.3. The number of aliphatic hydroxyl groups excluding tert-OH is 4. The molecule has 4 aromatic rings. The number of amides is 1. The molecule has 1 spiro atoms. The van der Waals surface area contributed by atoms with Gasteiger partial charge in [0.05, 0.1) is 12.2 Å². The van der Waals surface area contributed by atoms with Crippen molar-refractivity contribution in [3.63, 3.8) is 0 Å². The zero-order valence-corrected chi connectivity index (χ0v) is 24.9. The average Bonchev–Trinajstić information content (AvgIpc) is 3.37. The van der Waals surface area contributed by atoms with E-state index in [0.717, 1.165) is 6.07 Å². The van der Waals surface area contributed by atoms with Crippen molar-refractivity contribution in [2.24, 2.45) is 0 Å². The summed E-state index contributed by atoms with van der Waals surface area (Å²) < 4.78 is 92.7. The van der Waals surface area contributed by atoms with Gasteiger partial charge >= 0.3 is 5.97 Å². The van der Waals surface area contributed by atoms with Crippen molar-refractivity contribution in [3.05, 3.63) is 112 Å². The predicted octanol–water partition coefficient (Wildman–Crippen LogP) is 3.09. The van der Waals surface area contributed by atoms with Crippen molar-refractivity contribution in [1.82, 2.24) is 0 Å². The number of benzene rings is 4. The van der Waals surface area contributed by atoms with E-state index in [1.165, 1.54) is 48.5 Å². The third-order valence-corrected chi connectivity index (χ3v) is 8.56. The summed E-state index contributed by atoms with van der Waals surface area (Å²) in [5.41, 5.74) is -3.35. The zero-order valence-electron chi connectivity index (χ0n) is 24.9. The Morgan fingerprint density at radius 3 is 2.10 bits per heavy atom. The minimum absolute atomic E-state index is 0.00883. The SMILES string of the molecule is O=C1OC2(c3ccc(O)cc3Oc3cc(OC4O[C@H](CO)[C@H](O)[C@H](O)[C@H]4O)ccc32)c2ccc(NC(=O)c3c(F)c(F)c(F)c(F)c3F)cc21. The first-order chi connectivity index (χ1) is 23.8. The van der Waals surface area contributed by atoms with E-state index >= 15 is 0 Å². The standard InChI is InChI=1S/C33H22F5NO11/c34-22-21(23(35)25(37)26(38)24(22)36)30(45)39-11-1-4-15-14(7-11)31(46)50-33(15)16-5-2-12(41)8-18(16)48-19-9-13(3-6-17(19)33)47-32-29(44)28(43)27(42)20(10-40)49-32/h1-9,20,27-29,32,40-44H,10H2,(H,39,45)/t20-,27+,28+,29-,32?,33?/m1/s1. The fourth-order valence-electron chi connectivity index (χ4n) is 6.14. The number of carbonyl (C=O) groups excluding carboxylic acids is 2. The van der Waals surface area contributed by atoms with Gasteiger partial charge < -0.3 is 49.8 Å². The number of nitrogens with one attached hydrogen (secondary N) is 1. The number of esters is 1. The first kappa shape index (κ1) is 33.2. The maximum Gasteiger partial charge on any atom is 0.340 e. The molecule has 1 amide bonds. The van der Waals surface area contributed by atoms with Gasteiger partial charge in [-0.3, -0.25) is 4.79 Å². The van der Waals surface area contributed by atoms with E-state index in [9.17, 15) is 57.1 Å². The fourth-order valence-corrected chi connectivity index (χ4v) is 6.14. The number of anilines is 1. The van der Waals surface area contributed by atoms with Gasteiger partial charge in [0.2, 0.25) is 12.1 Å². The number of rotatable bonds is 5. The van der Waals surface area contributed by atoms with Crippen LogP contribution in [0.15, 0.2) is 54.6 Å². The lowest BCUT2D eigenvalue weighted by Crippen LogP contribution is -2.60. The monoisotopic (exact) mass is 703 g/mol. The van der Waals surface area contributed by atoms with Crippen molar-refractivity contribution in [2.45, 2.75) is 36.3 Å². The van der Waals surface area contributed by atoms with E-state index in [1.807, 2.05) is 5.32 Å². The lowest BCUT2D eigenvalue weighted by molar-refractivity contribution is -0.277. The van der Waals surface area contributed by atoms with Crippen LogP contribution in [0.5, 0.6) is 23.0 Å². The molecule has 1 saturated heterocycles. The number of ether oxygens (including phenoxy) is 4. The molecule has 0 saturated carbocycles. The molecule has 12 nitrogen and oxygen atoms in total. The van der Waals surface area contributed by atoms with E-state index in [-0.39, 0.29) is 50.9 Å². The normalized spacial score (nSPS) is 24.9. The third kappa shape index (κ3) is 4.92. The van der Waals surface area contributed by atoms with Crippen molar-refractivity contribution in [2.75, 3.05) is 11.9 Å². The molecule has 3 aliphatic rings.